The van der Waals surface area contributed by atoms with Gasteiger partial charge >= 0.3 is 5.97 Å². The Hall–Kier alpha value is -0.750. The summed E-state index contributed by atoms with van der Waals surface area (Å²) in [5.74, 6) is -0.616. The first-order valence-corrected chi connectivity index (χ1v) is 6.21. The molecule has 2 atom stereocenters. The third kappa shape index (κ3) is 7.53. The van der Waals surface area contributed by atoms with Crippen LogP contribution in [-0.2, 0) is 14.3 Å². The van der Waals surface area contributed by atoms with Crippen LogP contribution in [0.15, 0.2) is 0 Å². The maximum absolute atomic E-state index is 11.3. The summed E-state index contributed by atoms with van der Waals surface area (Å²) in [5, 5.41) is 11.4. The zero-order valence-corrected chi connectivity index (χ0v) is 10.7. The fraction of sp³-hybridized carbons (Fsp3) is 0.800. The zero-order chi connectivity index (χ0) is 12.6. The van der Waals surface area contributed by atoms with Gasteiger partial charge in [0.05, 0.1) is 18.3 Å². The molecule has 0 saturated heterocycles. The predicted molar refractivity (Wildman–Crippen MR) is 63.6 cm³/mol. The molecule has 0 radical (unpaired) electrons. The van der Waals surface area contributed by atoms with Crippen LogP contribution in [0.3, 0.4) is 0 Å². The minimum atomic E-state index is -0.833. The SMILES string of the molecule is COCC(C)NC(=O)CSCC(C)C(=O)O. The molecule has 0 heterocycles. The number of thioether (sulfide) groups is 1. The van der Waals surface area contributed by atoms with Gasteiger partial charge in [0, 0.05) is 18.9 Å². The number of hydrogen-bond acceptors (Lipinski definition) is 4. The number of carboxylic acid groups (broad SMARTS) is 1. The number of carboxylic acids is 1. The molecule has 6 heteroatoms. The van der Waals surface area contributed by atoms with Crippen molar-refractivity contribution in [1.29, 1.82) is 0 Å². The first-order chi connectivity index (χ1) is 7.47. The van der Waals surface area contributed by atoms with Gasteiger partial charge in [0.2, 0.25) is 5.91 Å². The van der Waals surface area contributed by atoms with E-state index in [4.69, 9.17) is 9.84 Å². The maximum Gasteiger partial charge on any atom is 0.307 e. The Morgan fingerprint density at radius 1 is 1.44 bits per heavy atom. The molecule has 2 N–H and O–H groups in total. The summed E-state index contributed by atoms with van der Waals surface area (Å²) in [6.45, 7) is 3.95. The number of methoxy groups -OCH3 is 1. The molecule has 0 aliphatic rings. The lowest BCUT2D eigenvalue weighted by molar-refractivity contribution is -0.140. The van der Waals surface area contributed by atoms with E-state index < -0.39 is 11.9 Å². The maximum atomic E-state index is 11.3. The third-order valence-electron chi connectivity index (χ3n) is 1.85. The Morgan fingerprint density at radius 2 is 2.06 bits per heavy atom. The Balaban J connectivity index is 3.62. The van der Waals surface area contributed by atoms with Gasteiger partial charge < -0.3 is 15.2 Å². The predicted octanol–water partition coefficient (Wildman–Crippen LogP) is 0.591. The number of ether oxygens (including phenoxy) is 1. The topological polar surface area (TPSA) is 75.6 Å². The normalized spacial score (nSPS) is 14.2. The lowest BCUT2D eigenvalue weighted by Gasteiger charge is -2.12. The van der Waals surface area contributed by atoms with Crippen molar-refractivity contribution in [3.05, 3.63) is 0 Å². The lowest BCUT2D eigenvalue weighted by atomic mass is 10.2. The number of amides is 1. The van der Waals surface area contributed by atoms with E-state index in [2.05, 4.69) is 5.32 Å². The highest BCUT2D eigenvalue weighted by atomic mass is 32.2. The summed E-state index contributed by atoms with van der Waals surface area (Å²) in [7, 11) is 1.58. The number of carbonyl (C=O) groups is 2. The molecule has 0 aliphatic carbocycles. The largest absolute Gasteiger partial charge is 0.481 e. The van der Waals surface area contributed by atoms with Gasteiger partial charge in [-0.15, -0.1) is 0 Å². The van der Waals surface area contributed by atoms with Gasteiger partial charge in [-0.3, -0.25) is 9.59 Å². The summed E-state index contributed by atoms with van der Waals surface area (Å²) in [6.07, 6.45) is 0. The van der Waals surface area contributed by atoms with Crippen LogP contribution in [-0.4, -0.2) is 48.2 Å². The van der Waals surface area contributed by atoms with Crippen molar-refractivity contribution in [2.75, 3.05) is 25.2 Å². The number of aliphatic carboxylic acids is 1. The standard InChI is InChI=1S/C10H19NO4S/c1-7(10(13)14)5-16-6-9(12)11-8(2)4-15-3/h7-8H,4-6H2,1-3H3,(H,11,12)(H,13,14). The lowest BCUT2D eigenvalue weighted by Crippen LogP contribution is -2.36. The Bertz CT molecular complexity index is 235. The summed E-state index contributed by atoms with van der Waals surface area (Å²) >= 11 is 1.32. The minimum Gasteiger partial charge on any atom is -0.481 e. The van der Waals surface area contributed by atoms with E-state index in [1.54, 1.807) is 14.0 Å². The van der Waals surface area contributed by atoms with Gasteiger partial charge in [0.15, 0.2) is 0 Å². The molecule has 0 aliphatic heterocycles. The van der Waals surface area contributed by atoms with Gasteiger partial charge in [0.25, 0.3) is 0 Å². The number of rotatable bonds is 8. The molecule has 0 fully saturated rings. The van der Waals surface area contributed by atoms with Crippen LogP contribution in [0.2, 0.25) is 0 Å². The quantitative estimate of drug-likeness (QED) is 0.658. The van der Waals surface area contributed by atoms with Crippen molar-refractivity contribution >= 4 is 23.6 Å². The van der Waals surface area contributed by atoms with Gasteiger partial charge in [0.1, 0.15) is 0 Å². The van der Waals surface area contributed by atoms with Crippen molar-refractivity contribution in [1.82, 2.24) is 5.32 Å². The van der Waals surface area contributed by atoms with Gasteiger partial charge in [-0.05, 0) is 6.92 Å². The molecular weight excluding hydrogens is 230 g/mol. The Labute approximate surface area is 99.9 Å². The molecule has 0 aromatic heterocycles. The molecule has 0 aromatic rings. The first kappa shape index (κ1) is 15.2. The highest BCUT2D eigenvalue weighted by Gasteiger charge is 2.12. The van der Waals surface area contributed by atoms with Crippen LogP contribution < -0.4 is 5.32 Å². The second-order valence-corrected chi connectivity index (χ2v) is 4.71. The average Bonchev–Trinajstić information content (AvgIpc) is 2.17. The molecule has 1 amide bonds. The van der Waals surface area contributed by atoms with E-state index in [-0.39, 0.29) is 17.7 Å². The van der Waals surface area contributed by atoms with E-state index in [0.29, 0.717) is 12.4 Å². The monoisotopic (exact) mass is 249 g/mol. The first-order valence-electron chi connectivity index (χ1n) is 5.06. The molecule has 0 aromatic carbocycles. The van der Waals surface area contributed by atoms with E-state index in [9.17, 15) is 9.59 Å². The molecular formula is C10H19NO4S. The van der Waals surface area contributed by atoms with Crippen LogP contribution >= 0.6 is 11.8 Å². The number of nitrogens with one attached hydrogen (secondary N) is 1. The fourth-order valence-corrected chi connectivity index (χ4v) is 1.89. The second kappa shape index (κ2) is 8.41. The number of hydrogen-bond donors (Lipinski definition) is 2. The fourth-order valence-electron chi connectivity index (χ4n) is 1.01. The molecule has 16 heavy (non-hydrogen) atoms. The average molecular weight is 249 g/mol. The molecule has 0 bridgehead atoms. The summed E-state index contributed by atoms with van der Waals surface area (Å²) < 4.78 is 4.88. The second-order valence-electron chi connectivity index (χ2n) is 3.68. The van der Waals surface area contributed by atoms with E-state index in [0.717, 1.165) is 0 Å². The van der Waals surface area contributed by atoms with Gasteiger partial charge in [-0.25, -0.2) is 0 Å². The van der Waals surface area contributed by atoms with Gasteiger partial charge in [-0.2, -0.15) is 11.8 Å². The summed E-state index contributed by atoms with van der Waals surface area (Å²) in [5.41, 5.74) is 0. The Morgan fingerprint density at radius 3 is 2.56 bits per heavy atom. The van der Waals surface area contributed by atoms with Gasteiger partial charge in [-0.1, -0.05) is 6.92 Å². The highest BCUT2D eigenvalue weighted by Crippen LogP contribution is 2.07. The third-order valence-corrected chi connectivity index (χ3v) is 3.05. The molecule has 0 saturated carbocycles. The van der Waals surface area contributed by atoms with Crippen LogP contribution in [0.1, 0.15) is 13.8 Å². The van der Waals surface area contributed by atoms with Crippen LogP contribution in [0.5, 0.6) is 0 Å². The molecule has 0 rings (SSSR count). The Kier molecular flexibility index (Phi) is 8.01. The van der Waals surface area contributed by atoms with Crippen molar-refractivity contribution in [3.8, 4) is 0 Å². The molecule has 94 valence electrons. The minimum absolute atomic E-state index is 0.0185. The van der Waals surface area contributed by atoms with Crippen LogP contribution in [0, 0.1) is 5.92 Å². The smallest absolute Gasteiger partial charge is 0.307 e. The number of carbonyl (C=O) groups excluding carboxylic acids is 1. The van der Waals surface area contributed by atoms with Crippen molar-refractivity contribution in [2.24, 2.45) is 5.92 Å². The molecule has 0 spiro atoms. The summed E-state index contributed by atoms with van der Waals surface area (Å²) in [4.78, 5) is 21.9. The molecule has 2 unspecified atom stereocenters. The van der Waals surface area contributed by atoms with Crippen molar-refractivity contribution < 1.29 is 19.4 Å². The highest BCUT2D eigenvalue weighted by molar-refractivity contribution is 7.99. The van der Waals surface area contributed by atoms with E-state index in [1.807, 2.05) is 6.92 Å². The van der Waals surface area contributed by atoms with Crippen LogP contribution in [0.4, 0.5) is 0 Å². The zero-order valence-electron chi connectivity index (χ0n) is 9.86. The van der Waals surface area contributed by atoms with Crippen LogP contribution in [0.25, 0.3) is 0 Å². The molecule has 5 nitrogen and oxygen atoms in total. The van der Waals surface area contributed by atoms with Crippen molar-refractivity contribution in [2.45, 2.75) is 19.9 Å². The summed E-state index contributed by atoms with van der Waals surface area (Å²) in [6, 6.07) is -0.0185. The van der Waals surface area contributed by atoms with E-state index in [1.165, 1.54) is 11.8 Å². The van der Waals surface area contributed by atoms with E-state index >= 15 is 0 Å². The van der Waals surface area contributed by atoms with Crippen molar-refractivity contribution in [3.63, 3.8) is 0 Å².